The smallest absolute Gasteiger partial charge is 0.332 e. The van der Waals surface area contributed by atoms with Crippen LogP contribution in [0.5, 0.6) is 5.75 Å². The third-order valence-electron chi connectivity index (χ3n) is 4.63. The number of rotatable bonds is 8. The monoisotopic (exact) mass is 400 g/mol. The van der Waals surface area contributed by atoms with Gasteiger partial charge in [-0.05, 0) is 25.5 Å². The molecule has 0 aliphatic carbocycles. The van der Waals surface area contributed by atoms with Crippen LogP contribution in [0.3, 0.4) is 0 Å². The maximum Gasteiger partial charge on any atom is 0.332 e. The second kappa shape index (κ2) is 8.76. The summed E-state index contributed by atoms with van der Waals surface area (Å²) in [5, 5.41) is 0. The van der Waals surface area contributed by atoms with Crippen LogP contribution in [0.4, 0.5) is 0 Å². The van der Waals surface area contributed by atoms with E-state index < -0.39 is 11.2 Å². The van der Waals surface area contributed by atoms with E-state index in [0.29, 0.717) is 24.1 Å². The molecule has 0 atom stereocenters. The zero-order chi connectivity index (χ0) is 21.0. The summed E-state index contributed by atoms with van der Waals surface area (Å²) in [6.45, 7) is 2.87. The number of fused-ring (bicyclic) bond motifs is 1. The predicted octanol–water partition coefficient (Wildman–Crippen LogP) is 1.14. The standard InChI is InChI=1S/C20H24N4O5/c1-14-6-8-15(9-7-14)28-11-12-29-16(25)5-4-10-24-13-21-18-17(24)19(26)23(3)20(27)22(18)2/h6-9,13H,4-5,10-12H2,1-3H3. The average Bonchev–Trinajstić information content (AvgIpc) is 3.13. The molecular formula is C20H24N4O5. The third-order valence-corrected chi connectivity index (χ3v) is 4.63. The molecule has 3 aromatic rings. The van der Waals surface area contributed by atoms with E-state index in [1.807, 2.05) is 31.2 Å². The van der Waals surface area contributed by atoms with Gasteiger partial charge in [-0.25, -0.2) is 9.78 Å². The molecular weight excluding hydrogens is 376 g/mol. The van der Waals surface area contributed by atoms with E-state index in [9.17, 15) is 14.4 Å². The molecule has 0 N–H and O–H groups in total. The van der Waals surface area contributed by atoms with Crippen LogP contribution >= 0.6 is 0 Å². The molecule has 0 saturated heterocycles. The van der Waals surface area contributed by atoms with Gasteiger partial charge in [-0.2, -0.15) is 0 Å². The topological polar surface area (TPSA) is 97.3 Å². The maximum atomic E-state index is 12.4. The number of esters is 1. The van der Waals surface area contributed by atoms with Gasteiger partial charge in [-0.15, -0.1) is 0 Å². The summed E-state index contributed by atoms with van der Waals surface area (Å²) in [6, 6.07) is 7.64. The lowest BCUT2D eigenvalue weighted by Gasteiger charge is -2.08. The molecule has 0 amide bonds. The first-order valence-electron chi connectivity index (χ1n) is 9.34. The Morgan fingerprint density at radius 1 is 1.07 bits per heavy atom. The van der Waals surface area contributed by atoms with Crippen molar-refractivity contribution in [1.82, 2.24) is 18.7 Å². The SMILES string of the molecule is Cc1ccc(OCCOC(=O)CCCn2cnc3c2c(=O)n(C)c(=O)n3C)cc1. The van der Waals surface area contributed by atoms with Gasteiger partial charge in [0.15, 0.2) is 11.2 Å². The highest BCUT2D eigenvalue weighted by Crippen LogP contribution is 2.11. The second-order valence-corrected chi connectivity index (χ2v) is 6.80. The number of benzene rings is 1. The molecule has 9 nitrogen and oxygen atoms in total. The summed E-state index contributed by atoms with van der Waals surface area (Å²) in [5.41, 5.74) is 0.985. The summed E-state index contributed by atoms with van der Waals surface area (Å²) in [5.74, 6) is 0.400. The Morgan fingerprint density at radius 2 is 1.79 bits per heavy atom. The molecule has 2 heterocycles. The highest BCUT2D eigenvalue weighted by atomic mass is 16.6. The van der Waals surface area contributed by atoms with E-state index in [1.54, 1.807) is 11.6 Å². The fourth-order valence-electron chi connectivity index (χ4n) is 2.98. The van der Waals surface area contributed by atoms with E-state index >= 15 is 0 Å². The number of ether oxygens (including phenoxy) is 2. The molecule has 0 fully saturated rings. The quantitative estimate of drug-likeness (QED) is 0.416. The van der Waals surface area contributed by atoms with E-state index in [2.05, 4.69) is 4.98 Å². The normalized spacial score (nSPS) is 11.0. The molecule has 0 bridgehead atoms. The van der Waals surface area contributed by atoms with Crippen molar-refractivity contribution in [1.29, 1.82) is 0 Å². The van der Waals surface area contributed by atoms with Crippen molar-refractivity contribution in [2.45, 2.75) is 26.3 Å². The van der Waals surface area contributed by atoms with Gasteiger partial charge >= 0.3 is 11.7 Å². The third kappa shape index (κ3) is 4.56. The Morgan fingerprint density at radius 3 is 2.52 bits per heavy atom. The number of imidazole rings is 1. The first kappa shape index (κ1) is 20.4. The minimum Gasteiger partial charge on any atom is -0.490 e. The van der Waals surface area contributed by atoms with E-state index in [4.69, 9.17) is 9.47 Å². The number of aryl methyl sites for hydroxylation is 3. The van der Waals surface area contributed by atoms with Crippen molar-refractivity contribution >= 4 is 17.1 Å². The fraction of sp³-hybridized carbons (Fsp3) is 0.400. The van der Waals surface area contributed by atoms with Crippen molar-refractivity contribution in [3.05, 3.63) is 57.0 Å². The lowest BCUT2D eigenvalue weighted by Crippen LogP contribution is -2.37. The van der Waals surface area contributed by atoms with Gasteiger partial charge < -0.3 is 14.0 Å². The van der Waals surface area contributed by atoms with Crippen molar-refractivity contribution in [2.75, 3.05) is 13.2 Å². The molecule has 9 heteroatoms. The summed E-state index contributed by atoms with van der Waals surface area (Å²) in [4.78, 5) is 40.4. The number of hydrogen-bond acceptors (Lipinski definition) is 6. The number of carbonyl (C=O) groups is 1. The van der Waals surface area contributed by atoms with Crippen LogP contribution in [0.1, 0.15) is 18.4 Å². The van der Waals surface area contributed by atoms with E-state index in [1.165, 1.54) is 17.9 Å². The first-order valence-corrected chi connectivity index (χ1v) is 9.34. The molecule has 154 valence electrons. The summed E-state index contributed by atoms with van der Waals surface area (Å²) >= 11 is 0. The van der Waals surface area contributed by atoms with Gasteiger partial charge in [-0.1, -0.05) is 17.7 Å². The second-order valence-electron chi connectivity index (χ2n) is 6.80. The van der Waals surface area contributed by atoms with Crippen LogP contribution < -0.4 is 16.0 Å². The summed E-state index contributed by atoms with van der Waals surface area (Å²) in [6.07, 6.45) is 2.19. The summed E-state index contributed by atoms with van der Waals surface area (Å²) in [7, 11) is 3.00. The van der Waals surface area contributed by atoms with Crippen LogP contribution in [-0.4, -0.2) is 37.9 Å². The molecule has 0 unspecified atom stereocenters. The highest BCUT2D eigenvalue weighted by Gasteiger charge is 2.14. The molecule has 0 aliphatic rings. The average molecular weight is 400 g/mol. The van der Waals surface area contributed by atoms with Crippen molar-refractivity contribution in [3.63, 3.8) is 0 Å². The van der Waals surface area contributed by atoms with Crippen molar-refractivity contribution in [2.24, 2.45) is 14.1 Å². The van der Waals surface area contributed by atoms with E-state index in [0.717, 1.165) is 15.9 Å². The lowest BCUT2D eigenvalue weighted by atomic mass is 10.2. The van der Waals surface area contributed by atoms with Crippen LogP contribution in [0, 0.1) is 6.92 Å². The molecule has 0 spiro atoms. The number of carbonyl (C=O) groups excluding carboxylic acids is 1. The Hall–Kier alpha value is -3.36. The highest BCUT2D eigenvalue weighted by molar-refractivity contribution is 5.70. The number of aromatic nitrogens is 4. The predicted molar refractivity (Wildman–Crippen MR) is 107 cm³/mol. The molecule has 0 saturated carbocycles. The van der Waals surface area contributed by atoms with Gasteiger partial charge in [0.2, 0.25) is 0 Å². The van der Waals surface area contributed by atoms with E-state index in [-0.39, 0.29) is 25.6 Å². The van der Waals surface area contributed by atoms with Crippen LogP contribution in [-0.2, 0) is 30.2 Å². The molecule has 1 aromatic carbocycles. The first-order chi connectivity index (χ1) is 13.9. The Labute approximate surface area is 167 Å². The fourth-order valence-corrected chi connectivity index (χ4v) is 2.98. The van der Waals surface area contributed by atoms with Gasteiger partial charge in [-0.3, -0.25) is 18.7 Å². The number of hydrogen-bond donors (Lipinski definition) is 0. The van der Waals surface area contributed by atoms with Gasteiger partial charge in [0.25, 0.3) is 5.56 Å². The van der Waals surface area contributed by atoms with Crippen LogP contribution in [0.15, 0.2) is 40.2 Å². The molecule has 29 heavy (non-hydrogen) atoms. The molecule has 0 aliphatic heterocycles. The zero-order valence-electron chi connectivity index (χ0n) is 16.8. The Balaban J connectivity index is 1.47. The van der Waals surface area contributed by atoms with Crippen LogP contribution in [0.25, 0.3) is 11.2 Å². The van der Waals surface area contributed by atoms with Crippen molar-refractivity contribution < 1.29 is 14.3 Å². The number of nitrogens with zero attached hydrogens (tertiary/aromatic N) is 4. The van der Waals surface area contributed by atoms with Gasteiger partial charge in [0, 0.05) is 27.1 Å². The zero-order valence-corrected chi connectivity index (χ0v) is 16.8. The molecule has 0 radical (unpaired) electrons. The largest absolute Gasteiger partial charge is 0.490 e. The van der Waals surface area contributed by atoms with Gasteiger partial charge in [0.1, 0.15) is 19.0 Å². The Bertz CT molecular complexity index is 1120. The maximum absolute atomic E-state index is 12.4. The van der Waals surface area contributed by atoms with Gasteiger partial charge in [0.05, 0.1) is 6.33 Å². The Kier molecular flexibility index (Phi) is 6.16. The minimum absolute atomic E-state index is 0.170. The van der Waals surface area contributed by atoms with Crippen LogP contribution in [0.2, 0.25) is 0 Å². The lowest BCUT2D eigenvalue weighted by molar-refractivity contribution is -0.144. The minimum atomic E-state index is -0.427. The molecule has 2 aromatic heterocycles. The summed E-state index contributed by atoms with van der Waals surface area (Å²) < 4.78 is 14.7. The van der Waals surface area contributed by atoms with Crippen molar-refractivity contribution in [3.8, 4) is 5.75 Å². The molecule has 3 rings (SSSR count).